The quantitative estimate of drug-likeness (QED) is 0.214. The third-order valence-corrected chi connectivity index (χ3v) is 8.15. The lowest BCUT2D eigenvalue weighted by Gasteiger charge is -2.06. The number of hydrogen-bond acceptors (Lipinski definition) is 3. The average Bonchev–Trinajstić information content (AvgIpc) is 3.33. The topological polar surface area (TPSA) is 17.1 Å². The fourth-order valence-corrected chi connectivity index (χ4v) is 6.16. The molecule has 0 aliphatic carbocycles. The lowest BCUT2D eigenvalue weighted by atomic mass is 9.97. The van der Waals surface area contributed by atoms with Gasteiger partial charge in [0.15, 0.2) is 6.29 Å². The molecule has 0 aromatic carbocycles. The molecule has 0 radical (unpaired) electrons. The van der Waals surface area contributed by atoms with Crippen molar-refractivity contribution in [2.24, 2.45) is 0 Å². The number of terminal acetylenes is 1. The maximum absolute atomic E-state index is 11.8. The summed E-state index contributed by atoms with van der Waals surface area (Å²) >= 11 is 3.27. The summed E-state index contributed by atoms with van der Waals surface area (Å²) in [6.07, 6.45) is 20.2. The van der Waals surface area contributed by atoms with Gasteiger partial charge in [-0.3, -0.25) is 4.79 Å². The van der Waals surface area contributed by atoms with Crippen LogP contribution in [0.2, 0.25) is 0 Å². The van der Waals surface area contributed by atoms with Crippen LogP contribution in [-0.2, 0) is 25.7 Å². The van der Waals surface area contributed by atoms with Crippen LogP contribution in [-0.4, -0.2) is 6.29 Å². The van der Waals surface area contributed by atoms with E-state index in [0.29, 0.717) is 0 Å². The van der Waals surface area contributed by atoms with E-state index in [2.05, 4.69) is 45.5 Å². The van der Waals surface area contributed by atoms with Crippen LogP contribution in [0.1, 0.15) is 126 Å². The highest BCUT2D eigenvalue weighted by molar-refractivity contribution is 7.14. The first-order valence-electron chi connectivity index (χ1n) is 12.4. The second kappa shape index (κ2) is 14.4. The van der Waals surface area contributed by atoms with Gasteiger partial charge in [-0.1, -0.05) is 59.3 Å². The third-order valence-electron chi connectivity index (χ3n) is 5.91. The van der Waals surface area contributed by atoms with Gasteiger partial charge in [-0.05, 0) is 85.5 Å². The van der Waals surface area contributed by atoms with Crippen LogP contribution in [0.3, 0.4) is 0 Å². The summed E-state index contributed by atoms with van der Waals surface area (Å²) in [7, 11) is 0. The van der Waals surface area contributed by atoms with E-state index in [4.69, 9.17) is 6.42 Å². The van der Waals surface area contributed by atoms with E-state index >= 15 is 0 Å². The zero-order valence-electron chi connectivity index (χ0n) is 20.4. The molecule has 2 heterocycles. The summed E-state index contributed by atoms with van der Waals surface area (Å²) in [5.74, 6) is 9.95. The van der Waals surface area contributed by atoms with Crippen LogP contribution in [0.15, 0.2) is 0 Å². The van der Waals surface area contributed by atoms with Crippen molar-refractivity contribution < 1.29 is 4.79 Å². The van der Waals surface area contributed by atoms with E-state index in [-0.39, 0.29) is 0 Å². The molecule has 1 nitrogen and oxygen atoms in total. The Morgan fingerprint density at radius 1 is 0.656 bits per heavy atom. The highest BCUT2D eigenvalue weighted by Crippen LogP contribution is 2.33. The van der Waals surface area contributed by atoms with E-state index < -0.39 is 0 Å². The predicted molar refractivity (Wildman–Crippen MR) is 142 cm³/mol. The van der Waals surface area contributed by atoms with Crippen LogP contribution >= 0.6 is 22.7 Å². The van der Waals surface area contributed by atoms with Crippen LogP contribution in [0.5, 0.6) is 0 Å². The van der Waals surface area contributed by atoms with Crippen molar-refractivity contribution in [2.75, 3.05) is 0 Å². The molecule has 0 unspecified atom stereocenters. The predicted octanol–water partition coefficient (Wildman–Crippen LogP) is 8.37. The third kappa shape index (κ3) is 6.84. The first-order chi connectivity index (χ1) is 15.6. The van der Waals surface area contributed by atoms with Crippen molar-refractivity contribution in [3.8, 4) is 24.2 Å². The van der Waals surface area contributed by atoms with Gasteiger partial charge in [0, 0.05) is 0 Å². The molecule has 0 saturated heterocycles. The summed E-state index contributed by atoms with van der Waals surface area (Å²) in [4.78, 5) is 16.0. The Balaban J connectivity index is 2.53. The molecule has 3 heteroatoms. The standard InChI is InChI=1S/C29H38OS2/c1-6-11-15-22-23(16-12-7-2)27(31-26(22)10-5)19-20-28-24(17-13-8-3)25(18-14-9-4)29(21-30)32-28/h5,21H,6-9,11-18H2,1-4H3. The van der Waals surface area contributed by atoms with Gasteiger partial charge >= 0.3 is 0 Å². The molecule has 2 aromatic rings. The largest absolute Gasteiger partial charge is 0.297 e. The van der Waals surface area contributed by atoms with Gasteiger partial charge in [-0.15, -0.1) is 29.1 Å². The van der Waals surface area contributed by atoms with E-state index in [0.717, 1.165) is 96.4 Å². The summed E-state index contributed by atoms with van der Waals surface area (Å²) < 4.78 is 0. The van der Waals surface area contributed by atoms with Gasteiger partial charge in [0.1, 0.15) is 0 Å². The van der Waals surface area contributed by atoms with Crippen molar-refractivity contribution in [3.05, 3.63) is 41.8 Å². The lowest BCUT2D eigenvalue weighted by molar-refractivity contribution is 0.112. The number of thiophene rings is 2. The van der Waals surface area contributed by atoms with Crippen molar-refractivity contribution in [3.63, 3.8) is 0 Å². The summed E-state index contributed by atoms with van der Waals surface area (Å²) in [6, 6.07) is 0. The Bertz CT molecular complexity index is 972. The Labute approximate surface area is 204 Å². The smallest absolute Gasteiger partial charge is 0.160 e. The van der Waals surface area contributed by atoms with Crippen molar-refractivity contribution in [1.82, 2.24) is 0 Å². The highest BCUT2D eigenvalue weighted by Gasteiger charge is 2.18. The number of aldehydes is 1. The van der Waals surface area contributed by atoms with Gasteiger partial charge in [-0.25, -0.2) is 0 Å². The molecule has 0 N–H and O–H groups in total. The number of hydrogen-bond donors (Lipinski definition) is 0. The lowest BCUT2D eigenvalue weighted by Crippen LogP contribution is -1.96. The first-order valence-corrected chi connectivity index (χ1v) is 14.0. The number of rotatable bonds is 13. The fraction of sp³-hybridized carbons (Fsp3) is 0.552. The van der Waals surface area contributed by atoms with Gasteiger partial charge in [0.25, 0.3) is 0 Å². The number of carbonyl (C=O) groups is 1. The zero-order chi connectivity index (χ0) is 23.3. The van der Waals surface area contributed by atoms with Crippen molar-refractivity contribution in [1.29, 1.82) is 0 Å². The van der Waals surface area contributed by atoms with Crippen molar-refractivity contribution >= 4 is 29.0 Å². The molecule has 0 spiro atoms. The van der Waals surface area contributed by atoms with Crippen LogP contribution in [0.4, 0.5) is 0 Å². The fourth-order valence-electron chi connectivity index (χ4n) is 4.03. The molecule has 0 bridgehead atoms. The second-order valence-corrected chi connectivity index (χ2v) is 10.5. The molecule has 0 amide bonds. The highest BCUT2D eigenvalue weighted by atomic mass is 32.1. The molecule has 172 valence electrons. The number of carbonyl (C=O) groups excluding carboxylic acids is 1. The SMILES string of the molecule is C#Cc1sc(C#Cc2sc(C=O)c(CCCC)c2CCCC)c(CCCC)c1CCCC. The Morgan fingerprint density at radius 3 is 1.50 bits per heavy atom. The van der Waals surface area contributed by atoms with Crippen LogP contribution in [0.25, 0.3) is 0 Å². The summed E-state index contributed by atoms with van der Waals surface area (Å²) in [5, 5.41) is 0. The molecule has 2 rings (SSSR count). The molecular formula is C29H38OS2. The van der Waals surface area contributed by atoms with Gasteiger partial charge < -0.3 is 0 Å². The zero-order valence-corrected chi connectivity index (χ0v) is 22.0. The van der Waals surface area contributed by atoms with E-state index in [1.54, 1.807) is 22.7 Å². The molecule has 0 atom stereocenters. The van der Waals surface area contributed by atoms with Gasteiger partial charge in [0.2, 0.25) is 0 Å². The van der Waals surface area contributed by atoms with E-state index in [1.165, 1.54) is 28.7 Å². The van der Waals surface area contributed by atoms with Gasteiger partial charge in [-0.2, -0.15) is 0 Å². The summed E-state index contributed by atoms with van der Waals surface area (Å²) in [5.41, 5.74) is 5.29. The first kappa shape index (κ1) is 26.4. The minimum absolute atomic E-state index is 0.874. The minimum Gasteiger partial charge on any atom is -0.297 e. The monoisotopic (exact) mass is 466 g/mol. The normalized spacial score (nSPS) is 10.6. The van der Waals surface area contributed by atoms with E-state index in [1.807, 2.05) is 0 Å². The maximum Gasteiger partial charge on any atom is 0.160 e. The molecular weight excluding hydrogens is 428 g/mol. The molecule has 2 aromatic heterocycles. The summed E-state index contributed by atoms with van der Waals surface area (Å²) in [6.45, 7) is 8.88. The average molecular weight is 467 g/mol. The molecule has 32 heavy (non-hydrogen) atoms. The molecule has 0 saturated carbocycles. The van der Waals surface area contributed by atoms with Crippen LogP contribution < -0.4 is 0 Å². The maximum atomic E-state index is 11.8. The minimum atomic E-state index is 0.874. The van der Waals surface area contributed by atoms with Crippen molar-refractivity contribution in [2.45, 2.75) is 105 Å². The Morgan fingerprint density at radius 2 is 1.06 bits per heavy atom. The Kier molecular flexibility index (Phi) is 11.9. The van der Waals surface area contributed by atoms with Crippen LogP contribution in [0, 0.1) is 24.2 Å². The molecule has 0 aliphatic rings. The molecule has 0 fully saturated rings. The second-order valence-electron chi connectivity index (χ2n) is 8.40. The Hall–Kier alpha value is -1.81. The molecule has 0 aliphatic heterocycles. The van der Waals surface area contributed by atoms with E-state index in [9.17, 15) is 4.79 Å². The number of unbranched alkanes of at least 4 members (excludes halogenated alkanes) is 4. The van der Waals surface area contributed by atoms with Gasteiger partial charge in [0.05, 0.1) is 19.5 Å².